The summed E-state index contributed by atoms with van der Waals surface area (Å²) in [4.78, 5) is 0. The molecule has 0 bridgehead atoms. The molecule has 1 aromatic carbocycles. The van der Waals surface area contributed by atoms with Gasteiger partial charge in [-0.25, -0.2) is 0 Å². The molecule has 1 aromatic rings. The molecule has 0 aliphatic carbocycles. The summed E-state index contributed by atoms with van der Waals surface area (Å²) in [7, 11) is 0. The number of alkyl halides is 3. The van der Waals surface area contributed by atoms with Crippen LogP contribution in [0, 0.1) is 0 Å². The van der Waals surface area contributed by atoms with Crippen molar-refractivity contribution < 1.29 is 17.9 Å². The van der Waals surface area contributed by atoms with Crippen molar-refractivity contribution in [2.75, 3.05) is 18.9 Å². The van der Waals surface area contributed by atoms with Crippen molar-refractivity contribution in [2.45, 2.75) is 24.9 Å². The lowest BCUT2D eigenvalue weighted by atomic mass is 9.87. The fourth-order valence-corrected chi connectivity index (χ4v) is 2.27. The maximum absolute atomic E-state index is 12.9. The summed E-state index contributed by atoms with van der Waals surface area (Å²) in [5, 5.41) is 0. The van der Waals surface area contributed by atoms with E-state index in [1.54, 1.807) is 0 Å². The van der Waals surface area contributed by atoms with Crippen LogP contribution in [0.3, 0.4) is 0 Å². The van der Waals surface area contributed by atoms with Gasteiger partial charge in [0.1, 0.15) is 0 Å². The van der Waals surface area contributed by atoms with Crippen LogP contribution in [-0.4, -0.2) is 13.2 Å². The average molecular weight is 245 g/mol. The molecule has 2 N–H and O–H groups in total. The largest absolute Gasteiger partial charge is 0.416 e. The normalized spacial score (nSPS) is 18.3. The van der Waals surface area contributed by atoms with Gasteiger partial charge < -0.3 is 10.5 Å². The standard InChI is InChI=1S/C12H14F3NO/c13-12(14,15)9-2-1-3-10(16)11(9)8-4-6-17-7-5-8/h1-3,8H,4-7,16H2. The SMILES string of the molecule is Nc1cccc(C(F)(F)F)c1C1CCOCC1. The average Bonchev–Trinajstić information content (AvgIpc) is 2.28. The Hall–Kier alpha value is -1.23. The number of hydrogen-bond donors (Lipinski definition) is 1. The van der Waals surface area contributed by atoms with Crippen molar-refractivity contribution in [2.24, 2.45) is 0 Å². The van der Waals surface area contributed by atoms with Crippen LogP contribution in [0.2, 0.25) is 0 Å². The first-order valence-electron chi connectivity index (χ1n) is 5.53. The molecule has 2 rings (SSSR count). The second-order valence-electron chi connectivity index (χ2n) is 4.19. The van der Waals surface area contributed by atoms with Crippen LogP contribution >= 0.6 is 0 Å². The quantitative estimate of drug-likeness (QED) is 0.771. The zero-order chi connectivity index (χ0) is 12.5. The summed E-state index contributed by atoms with van der Waals surface area (Å²) in [5.74, 6) is -0.151. The van der Waals surface area contributed by atoms with Crippen LogP contribution in [0.5, 0.6) is 0 Å². The Labute approximate surface area is 97.6 Å². The Morgan fingerprint density at radius 3 is 2.41 bits per heavy atom. The van der Waals surface area contributed by atoms with Crippen molar-refractivity contribution in [1.29, 1.82) is 0 Å². The van der Waals surface area contributed by atoms with Crippen LogP contribution in [0.25, 0.3) is 0 Å². The van der Waals surface area contributed by atoms with Crippen LogP contribution in [0.1, 0.15) is 29.9 Å². The van der Waals surface area contributed by atoms with Gasteiger partial charge in [0, 0.05) is 18.9 Å². The topological polar surface area (TPSA) is 35.2 Å². The van der Waals surface area contributed by atoms with E-state index in [-0.39, 0.29) is 17.2 Å². The van der Waals surface area contributed by atoms with Crippen molar-refractivity contribution >= 4 is 5.69 Å². The number of halogens is 3. The van der Waals surface area contributed by atoms with Crippen LogP contribution in [-0.2, 0) is 10.9 Å². The molecule has 0 atom stereocenters. The van der Waals surface area contributed by atoms with Crippen molar-refractivity contribution in [3.63, 3.8) is 0 Å². The van der Waals surface area contributed by atoms with E-state index in [4.69, 9.17) is 10.5 Å². The van der Waals surface area contributed by atoms with E-state index in [0.717, 1.165) is 6.07 Å². The van der Waals surface area contributed by atoms with E-state index in [1.807, 2.05) is 0 Å². The van der Waals surface area contributed by atoms with Crippen LogP contribution in [0.4, 0.5) is 18.9 Å². The lowest BCUT2D eigenvalue weighted by Crippen LogP contribution is -2.20. The Bertz CT molecular complexity index is 397. The van der Waals surface area contributed by atoms with E-state index < -0.39 is 11.7 Å². The monoisotopic (exact) mass is 245 g/mol. The Morgan fingerprint density at radius 1 is 1.18 bits per heavy atom. The third-order valence-electron chi connectivity index (χ3n) is 3.07. The molecule has 1 aliphatic rings. The maximum Gasteiger partial charge on any atom is 0.416 e. The lowest BCUT2D eigenvalue weighted by Gasteiger charge is -2.26. The number of rotatable bonds is 1. The molecule has 0 amide bonds. The van der Waals surface area contributed by atoms with E-state index >= 15 is 0 Å². The van der Waals surface area contributed by atoms with Gasteiger partial charge in [-0.15, -0.1) is 0 Å². The minimum Gasteiger partial charge on any atom is -0.398 e. The van der Waals surface area contributed by atoms with Gasteiger partial charge in [0.15, 0.2) is 0 Å². The minimum absolute atomic E-state index is 0.151. The van der Waals surface area contributed by atoms with Crippen molar-refractivity contribution in [1.82, 2.24) is 0 Å². The molecule has 2 nitrogen and oxygen atoms in total. The van der Waals surface area contributed by atoms with Crippen LogP contribution < -0.4 is 5.73 Å². The number of benzene rings is 1. The first-order chi connectivity index (χ1) is 8.00. The first kappa shape index (κ1) is 12.2. The molecular formula is C12H14F3NO. The molecule has 1 fully saturated rings. The number of hydrogen-bond acceptors (Lipinski definition) is 2. The third-order valence-corrected chi connectivity index (χ3v) is 3.07. The van der Waals surface area contributed by atoms with Gasteiger partial charge in [-0.1, -0.05) is 6.07 Å². The van der Waals surface area contributed by atoms with Crippen molar-refractivity contribution in [3.05, 3.63) is 29.3 Å². The van der Waals surface area contributed by atoms with Gasteiger partial charge in [-0.3, -0.25) is 0 Å². The first-order valence-corrected chi connectivity index (χ1v) is 5.53. The Kier molecular flexibility index (Phi) is 3.28. The molecular weight excluding hydrogens is 231 g/mol. The zero-order valence-corrected chi connectivity index (χ0v) is 9.26. The highest BCUT2D eigenvalue weighted by Gasteiger charge is 2.36. The fourth-order valence-electron chi connectivity index (χ4n) is 2.27. The minimum atomic E-state index is -4.34. The van der Waals surface area contributed by atoms with Gasteiger partial charge in [0.25, 0.3) is 0 Å². The highest BCUT2D eigenvalue weighted by atomic mass is 19.4. The molecule has 1 saturated heterocycles. The Balaban J connectivity index is 2.43. The second-order valence-corrected chi connectivity index (χ2v) is 4.19. The van der Waals surface area contributed by atoms with Gasteiger partial charge in [0.05, 0.1) is 5.56 Å². The lowest BCUT2D eigenvalue weighted by molar-refractivity contribution is -0.138. The predicted octanol–water partition coefficient (Wildman–Crippen LogP) is 3.18. The highest BCUT2D eigenvalue weighted by Crippen LogP contribution is 2.41. The number of ether oxygens (including phenoxy) is 1. The second kappa shape index (κ2) is 4.56. The fraction of sp³-hybridized carbons (Fsp3) is 0.500. The molecule has 0 saturated carbocycles. The molecule has 0 aromatic heterocycles. The summed E-state index contributed by atoms with van der Waals surface area (Å²) in [5.41, 5.74) is 5.57. The smallest absolute Gasteiger partial charge is 0.398 e. The number of nitrogens with two attached hydrogens (primary N) is 1. The van der Waals surface area contributed by atoms with E-state index in [2.05, 4.69) is 0 Å². The van der Waals surface area contributed by atoms with E-state index in [0.29, 0.717) is 26.1 Å². The molecule has 17 heavy (non-hydrogen) atoms. The molecule has 94 valence electrons. The summed E-state index contributed by atoms with van der Waals surface area (Å²) in [6, 6.07) is 3.97. The summed E-state index contributed by atoms with van der Waals surface area (Å²) in [6.45, 7) is 0.993. The summed E-state index contributed by atoms with van der Waals surface area (Å²) in [6.07, 6.45) is -3.16. The highest BCUT2D eigenvalue weighted by molar-refractivity contribution is 5.54. The summed E-state index contributed by atoms with van der Waals surface area (Å²) >= 11 is 0. The van der Waals surface area contributed by atoms with Gasteiger partial charge >= 0.3 is 6.18 Å². The molecule has 1 aliphatic heterocycles. The maximum atomic E-state index is 12.9. The van der Waals surface area contributed by atoms with Gasteiger partial charge in [-0.05, 0) is 36.5 Å². The predicted molar refractivity (Wildman–Crippen MR) is 58.7 cm³/mol. The van der Waals surface area contributed by atoms with Gasteiger partial charge in [0.2, 0.25) is 0 Å². The van der Waals surface area contributed by atoms with Crippen molar-refractivity contribution in [3.8, 4) is 0 Å². The molecule has 0 radical (unpaired) electrons. The number of nitrogen functional groups attached to an aromatic ring is 1. The number of anilines is 1. The Morgan fingerprint density at radius 2 is 1.82 bits per heavy atom. The van der Waals surface area contributed by atoms with Crippen LogP contribution in [0.15, 0.2) is 18.2 Å². The van der Waals surface area contributed by atoms with E-state index in [9.17, 15) is 13.2 Å². The summed E-state index contributed by atoms with van der Waals surface area (Å²) < 4.78 is 43.9. The zero-order valence-electron chi connectivity index (χ0n) is 9.26. The third kappa shape index (κ3) is 2.54. The van der Waals surface area contributed by atoms with Gasteiger partial charge in [-0.2, -0.15) is 13.2 Å². The molecule has 0 spiro atoms. The van der Waals surface area contributed by atoms with E-state index in [1.165, 1.54) is 12.1 Å². The molecule has 5 heteroatoms. The molecule has 0 unspecified atom stereocenters. The molecule has 1 heterocycles.